The van der Waals surface area contributed by atoms with Crippen LogP contribution >= 0.6 is 0 Å². The lowest BCUT2D eigenvalue weighted by Crippen LogP contribution is -2.40. The first kappa shape index (κ1) is 22.8. The van der Waals surface area contributed by atoms with Crippen LogP contribution in [0.2, 0.25) is 0 Å². The van der Waals surface area contributed by atoms with Gasteiger partial charge in [-0.05, 0) is 31.0 Å². The number of hydrogen-bond acceptors (Lipinski definition) is 6. The van der Waals surface area contributed by atoms with Crippen molar-refractivity contribution in [3.8, 4) is 0 Å². The number of carbonyl (C=O) groups is 2. The Morgan fingerprint density at radius 1 is 1.12 bits per heavy atom. The Bertz CT molecular complexity index is 1280. The van der Waals surface area contributed by atoms with Gasteiger partial charge in [-0.15, -0.1) is 10.2 Å². The van der Waals surface area contributed by atoms with Crippen molar-refractivity contribution in [2.75, 3.05) is 0 Å². The number of carbonyl (C=O) groups excluding carboxylic acids is 1. The number of carboxylic acid groups (broad SMARTS) is 1. The van der Waals surface area contributed by atoms with Gasteiger partial charge in [0.25, 0.3) is 0 Å². The number of benzene rings is 2. The maximum atomic E-state index is 12.6. The molecule has 10 heteroatoms. The highest BCUT2D eigenvalue weighted by molar-refractivity contribution is 5.83. The summed E-state index contributed by atoms with van der Waals surface area (Å²) in [6.45, 7) is 3.32. The monoisotopic (exact) mass is 463 g/mol. The summed E-state index contributed by atoms with van der Waals surface area (Å²) in [5.74, 6) is 0.213. The topological polar surface area (TPSA) is 142 Å². The van der Waals surface area contributed by atoms with Crippen LogP contribution in [0.25, 0.3) is 10.9 Å². The summed E-state index contributed by atoms with van der Waals surface area (Å²) >= 11 is 0. The quantitative estimate of drug-likeness (QED) is 0.306. The summed E-state index contributed by atoms with van der Waals surface area (Å²) in [5.41, 5.74) is 1.64. The molecule has 2 aromatic heterocycles. The number of amides is 2. The number of aromatic nitrogens is 3. The van der Waals surface area contributed by atoms with E-state index in [1.807, 2.05) is 60.8 Å². The van der Waals surface area contributed by atoms with E-state index in [0.29, 0.717) is 6.42 Å². The lowest BCUT2D eigenvalue weighted by molar-refractivity contribution is 0.133. The number of nitrogens with one attached hydrogen (secondary N) is 3. The number of ether oxygens (including phenoxy) is 1. The van der Waals surface area contributed by atoms with E-state index in [0.717, 1.165) is 22.0 Å². The number of rotatable bonds is 8. The molecule has 0 aliphatic heterocycles. The van der Waals surface area contributed by atoms with Crippen LogP contribution in [0.1, 0.15) is 42.8 Å². The Morgan fingerprint density at radius 2 is 1.85 bits per heavy atom. The first-order valence-corrected chi connectivity index (χ1v) is 10.7. The highest BCUT2D eigenvalue weighted by Crippen LogP contribution is 2.26. The lowest BCUT2D eigenvalue weighted by Gasteiger charge is -2.20. The van der Waals surface area contributed by atoms with Crippen molar-refractivity contribution in [2.24, 2.45) is 0 Å². The molecule has 2 amide bonds. The third-order valence-electron chi connectivity index (χ3n) is 5.30. The van der Waals surface area contributed by atoms with Crippen molar-refractivity contribution in [2.45, 2.75) is 38.5 Å². The van der Waals surface area contributed by atoms with Gasteiger partial charge in [0.2, 0.25) is 11.8 Å². The van der Waals surface area contributed by atoms with Gasteiger partial charge in [0.15, 0.2) is 0 Å². The fraction of sp³-hybridized carbons (Fsp3) is 0.250. The fourth-order valence-electron chi connectivity index (χ4n) is 3.58. The maximum Gasteiger partial charge on any atom is 0.408 e. The van der Waals surface area contributed by atoms with Crippen molar-refractivity contribution in [1.29, 1.82) is 0 Å². The summed E-state index contributed by atoms with van der Waals surface area (Å²) in [7, 11) is 0. The molecule has 0 saturated carbocycles. The molecular weight excluding hydrogens is 438 g/mol. The molecule has 0 fully saturated rings. The molecule has 10 nitrogen and oxygen atoms in total. The van der Waals surface area contributed by atoms with Crippen LogP contribution in [-0.2, 0) is 23.3 Å². The lowest BCUT2D eigenvalue weighted by atomic mass is 10.0. The molecule has 0 aliphatic rings. The minimum Gasteiger partial charge on any atom is -0.465 e. The first-order chi connectivity index (χ1) is 16.3. The Morgan fingerprint density at radius 3 is 2.62 bits per heavy atom. The number of fused-ring (bicyclic) bond motifs is 1. The smallest absolute Gasteiger partial charge is 0.408 e. The van der Waals surface area contributed by atoms with Gasteiger partial charge in [0, 0.05) is 23.5 Å². The van der Waals surface area contributed by atoms with Crippen molar-refractivity contribution in [1.82, 2.24) is 25.8 Å². The third kappa shape index (κ3) is 5.34. The Labute approximate surface area is 195 Å². The van der Waals surface area contributed by atoms with Crippen LogP contribution in [0.3, 0.4) is 0 Å². The van der Waals surface area contributed by atoms with Crippen LogP contribution in [0, 0.1) is 0 Å². The number of aromatic amines is 1. The van der Waals surface area contributed by atoms with E-state index >= 15 is 0 Å². The maximum absolute atomic E-state index is 12.6. The molecule has 0 radical (unpaired) electrons. The van der Waals surface area contributed by atoms with Crippen LogP contribution in [0.4, 0.5) is 9.59 Å². The zero-order chi connectivity index (χ0) is 24.1. The Balaban J connectivity index is 1.56. The van der Waals surface area contributed by atoms with Gasteiger partial charge in [-0.2, -0.15) is 0 Å². The van der Waals surface area contributed by atoms with Gasteiger partial charge in [0.05, 0.1) is 0 Å². The number of nitrogens with zero attached hydrogens (tertiary/aromatic N) is 2. The number of para-hydroxylation sites is 1. The number of H-pyrrole nitrogens is 1. The Hall–Kier alpha value is -4.34. The number of alkyl carbamates (subject to hydrolysis) is 1. The molecule has 4 N–H and O–H groups in total. The summed E-state index contributed by atoms with van der Waals surface area (Å²) in [4.78, 5) is 27.0. The second kappa shape index (κ2) is 9.65. The molecule has 0 saturated heterocycles. The van der Waals surface area contributed by atoms with Crippen LogP contribution in [0.15, 0.2) is 65.2 Å². The minimum absolute atomic E-state index is 0.0771. The van der Waals surface area contributed by atoms with E-state index in [1.165, 1.54) is 0 Å². The molecule has 34 heavy (non-hydrogen) atoms. The van der Waals surface area contributed by atoms with Crippen molar-refractivity contribution >= 4 is 23.1 Å². The largest absolute Gasteiger partial charge is 0.465 e. The van der Waals surface area contributed by atoms with E-state index in [2.05, 4.69) is 25.8 Å². The van der Waals surface area contributed by atoms with Gasteiger partial charge in [-0.25, -0.2) is 9.59 Å². The standard InChI is InChI=1S/C24H25N5O5/c1-24(2,27-22(30)31)21-29-28-20(34-21)19(12-16-13-25-18-11-7-6-10-17(16)18)26-23(32)33-14-15-8-4-3-5-9-15/h3-11,13,19,25,27H,12,14H2,1-2H3,(H,26,32)(H,30,31). The van der Waals surface area contributed by atoms with Gasteiger partial charge in [-0.1, -0.05) is 48.5 Å². The molecule has 4 rings (SSSR count). The van der Waals surface area contributed by atoms with E-state index in [9.17, 15) is 9.59 Å². The Kier molecular flexibility index (Phi) is 6.48. The highest BCUT2D eigenvalue weighted by atomic mass is 16.5. The molecule has 176 valence electrons. The molecule has 1 unspecified atom stereocenters. The van der Waals surface area contributed by atoms with Crippen LogP contribution in [-0.4, -0.2) is 32.5 Å². The molecule has 4 aromatic rings. The van der Waals surface area contributed by atoms with Crippen molar-refractivity contribution < 1.29 is 23.8 Å². The molecule has 2 heterocycles. The average molecular weight is 463 g/mol. The zero-order valence-corrected chi connectivity index (χ0v) is 18.7. The van der Waals surface area contributed by atoms with Gasteiger partial charge in [-0.3, -0.25) is 0 Å². The SMILES string of the molecule is CC(C)(NC(=O)O)c1nnc(C(Cc2c[nH]c3ccccc23)NC(=O)OCc2ccccc2)o1. The van der Waals surface area contributed by atoms with Crippen molar-refractivity contribution in [3.05, 3.63) is 83.7 Å². The van der Waals surface area contributed by atoms with Crippen LogP contribution in [0.5, 0.6) is 0 Å². The van der Waals surface area contributed by atoms with E-state index in [4.69, 9.17) is 14.3 Å². The molecule has 0 aliphatic carbocycles. The van der Waals surface area contributed by atoms with E-state index in [1.54, 1.807) is 13.8 Å². The van der Waals surface area contributed by atoms with Gasteiger partial charge < -0.3 is 29.9 Å². The normalized spacial score (nSPS) is 12.3. The fourth-order valence-corrected chi connectivity index (χ4v) is 3.58. The summed E-state index contributed by atoms with van der Waals surface area (Å²) in [6, 6.07) is 16.4. The van der Waals surface area contributed by atoms with E-state index in [-0.39, 0.29) is 18.4 Å². The second-order valence-electron chi connectivity index (χ2n) is 8.32. The summed E-state index contributed by atoms with van der Waals surface area (Å²) < 4.78 is 11.2. The predicted octanol–water partition coefficient (Wildman–Crippen LogP) is 4.26. The highest BCUT2D eigenvalue weighted by Gasteiger charge is 2.31. The van der Waals surface area contributed by atoms with Crippen molar-refractivity contribution in [3.63, 3.8) is 0 Å². The minimum atomic E-state index is -1.22. The molecule has 1 atom stereocenters. The van der Waals surface area contributed by atoms with Gasteiger partial charge >= 0.3 is 12.2 Å². The number of hydrogen-bond donors (Lipinski definition) is 4. The van der Waals surface area contributed by atoms with Crippen LogP contribution < -0.4 is 10.6 Å². The molecule has 2 aromatic carbocycles. The molecule has 0 bridgehead atoms. The summed E-state index contributed by atoms with van der Waals surface area (Å²) in [6.07, 6.45) is 0.347. The zero-order valence-electron chi connectivity index (χ0n) is 18.7. The molecular formula is C24H25N5O5. The average Bonchev–Trinajstić information content (AvgIpc) is 3.46. The summed E-state index contributed by atoms with van der Waals surface area (Å²) in [5, 5.41) is 23.3. The first-order valence-electron chi connectivity index (χ1n) is 10.7. The van der Waals surface area contributed by atoms with E-state index < -0.39 is 23.8 Å². The third-order valence-corrected chi connectivity index (χ3v) is 5.30. The van der Waals surface area contributed by atoms with Gasteiger partial charge in [0.1, 0.15) is 18.2 Å². The predicted molar refractivity (Wildman–Crippen MR) is 123 cm³/mol. The molecule has 0 spiro atoms. The second-order valence-corrected chi connectivity index (χ2v) is 8.32.